The summed E-state index contributed by atoms with van der Waals surface area (Å²) in [6.45, 7) is 6.21. The molecule has 1 aliphatic heterocycles. The summed E-state index contributed by atoms with van der Waals surface area (Å²) in [4.78, 5) is 13.5. The molecular weight excluding hydrogens is 386 g/mol. The molecule has 0 aliphatic carbocycles. The smallest absolute Gasteiger partial charge is 0.320 e. The quantitative estimate of drug-likeness (QED) is 0.546. The fourth-order valence-corrected chi connectivity index (χ4v) is 4.43. The molecule has 0 saturated carbocycles. The van der Waals surface area contributed by atoms with Crippen LogP contribution in [-0.2, 0) is 17.9 Å². The number of hydrogen-bond donors (Lipinski definition) is 1. The van der Waals surface area contributed by atoms with Gasteiger partial charge >= 0.3 is 5.97 Å². The molecule has 0 radical (unpaired) electrons. The predicted molar refractivity (Wildman–Crippen MR) is 123 cm³/mol. The predicted octanol–water partition coefficient (Wildman–Crippen LogP) is 5.60. The summed E-state index contributed by atoms with van der Waals surface area (Å²) in [5.41, 5.74) is 7.04. The van der Waals surface area contributed by atoms with E-state index in [1.807, 2.05) is 25.1 Å². The van der Waals surface area contributed by atoms with Gasteiger partial charge in [0.2, 0.25) is 0 Å². The van der Waals surface area contributed by atoms with E-state index in [0.29, 0.717) is 13.2 Å². The molecule has 1 saturated heterocycles. The lowest BCUT2D eigenvalue weighted by Crippen LogP contribution is -2.35. The molecule has 1 aliphatic rings. The Morgan fingerprint density at radius 1 is 1.06 bits per heavy atom. The molecule has 0 aromatic heterocycles. The number of aryl methyl sites for hydroxylation is 1. The van der Waals surface area contributed by atoms with Crippen LogP contribution in [0.25, 0.3) is 11.1 Å². The highest BCUT2D eigenvalue weighted by Gasteiger charge is 2.30. The third-order valence-corrected chi connectivity index (χ3v) is 6.19. The van der Waals surface area contributed by atoms with E-state index in [1.54, 1.807) is 0 Å². The molecule has 31 heavy (non-hydrogen) atoms. The highest BCUT2D eigenvalue weighted by molar-refractivity contribution is 5.73. The fraction of sp³-hybridized carbons (Fsp3) is 0.296. The van der Waals surface area contributed by atoms with Crippen LogP contribution in [0.2, 0.25) is 0 Å². The molecule has 3 aromatic carbocycles. The van der Waals surface area contributed by atoms with Gasteiger partial charge in [-0.25, -0.2) is 0 Å². The van der Waals surface area contributed by atoms with Gasteiger partial charge < -0.3 is 9.84 Å². The average molecular weight is 416 g/mol. The van der Waals surface area contributed by atoms with Crippen molar-refractivity contribution in [1.82, 2.24) is 4.90 Å². The highest BCUT2D eigenvalue weighted by Crippen LogP contribution is 2.28. The van der Waals surface area contributed by atoms with Crippen molar-refractivity contribution in [3.8, 4) is 16.9 Å². The van der Waals surface area contributed by atoms with Crippen molar-refractivity contribution in [2.24, 2.45) is 0 Å². The maximum absolute atomic E-state index is 11.4. The lowest BCUT2D eigenvalue weighted by Gasteiger charge is -2.21. The van der Waals surface area contributed by atoms with E-state index < -0.39 is 5.97 Å². The summed E-state index contributed by atoms with van der Waals surface area (Å²) >= 11 is 0. The van der Waals surface area contributed by atoms with Crippen LogP contribution in [0.15, 0.2) is 66.7 Å². The van der Waals surface area contributed by atoms with Crippen molar-refractivity contribution in [2.45, 2.75) is 45.9 Å². The maximum atomic E-state index is 11.4. The molecule has 160 valence electrons. The van der Waals surface area contributed by atoms with Gasteiger partial charge in [-0.1, -0.05) is 60.7 Å². The minimum Gasteiger partial charge on any atom is -0.489 e. The normalized spacial score (nSPS) is 16.4. The molecule has 4 heteroatoms. The van der Waals surface area contributed by atoms with Crippen molar-refractivity contribution in [3.63, 3.8) is 0 Å². The van der Waals surface area contributed by atoms with Crippen molar-refractivity contribution >= 4 is 5.97 Å². The number of carbonyl (C=O) groups is 1. The Kier molecular flexibility index (Phi) is 6.38. The molecule has 4 rings (SSSR count). The lowest BCUT2D eigenvalue weighted by atomic mass is 9.97. The van der Waals surface area contributed by atoms with Crippen molar-refractivity contribution < 1.29 is 14.6 Å². The number of hydrogen-bond acceptors (Lipinski definition) is 3. The summed E-state index contributed by atoms with van der Waals surface area (Å²) in [7, 11) is 0. The molecule has 0 bridgehead atoms. The van der Waals surface area contributed by atoms with Crippen LogP contribution in [0, 0.1) is 13.8 Å². The first-order valence-electron chi connectivity index (χ1n) is 10.9. The van der Waals surface area contributed by atoms with Gasteiger partial charge in [0.05, 0.1) is 0 Å². The zero-order valence-electron chi connectivity index (χ0n) is 18.2. The van der Waals surface area contributed by atoms with E-state index >= 15 is 0 Å². The first-order valence-corrected chi connectivity index (χ1v) is 10.9. The van der Waals surface area contributed by atoms with E-state index in [2.05, 4.69) is 60.4 Å². The Bertz CT molecular complexity index is 1060. The maximum Gasteiger partial charge on any atom is 0.320 e. The number of nitrogens with zero attached hydrogens (tertiary/aromatic N) is 1. The molecule has 0 unspecified atom stereocenters. The number of benzene rings is 3. The minimum atomic E-state index is -0.720. The Labute approximate surface area is 184 Å². The largest absolute Gasteiger partial charge is 0.489 e. The standard InChI is InChI=1S/C27H29NO3/c1-19-16-21(17-28-15-7-12-25(28)27(29)30)13-14-26(19)31-18-23-10-6-11-24(20(23)2)22-8-4-3-5-9-22/h3-6,8-11,13-14,16,25H,7,12,15,17-18H2,1-2H3,(H,29,30)/t25-/m1/s1. The Hall–Kier alpha value is -3.11. The van der Waals surface area contributed by atoms with Crippen LogP contribution in [-0.4, -0.2) is 28.6 Å². The van der Waals surface area contributed by atoms with Crippen LogP contribution in [0.3, 0.4) is 0 Å². The SMILES string of the molecule is Cc1cc(CN2CCC[C@@H]2C(=O)O)ccc1OCc1cccc(-c2ccccc2)c1C. The summed E-state index contributed by atoms with van der Waals surface area (Å²) in [6.07, 6.45) is 1.68. The number of aliphatic carboxylic acids is 1. The van der Waals surface area contributed by atoms with Gasteiger partial charge in [-0.05, 0) is 72.7 Å². The second-order valence-electron chi connectivity index (χ2n) is 8.31. The summed E-state index contributed by atoms with van der Waals surface area (Å²) in [5.74, 6) is 0.145. The van der Waals surface area contributed by atoms with Crippen LogP contribution < -0.4 is 4.74 Å². The average Bonchev–Trinajstić information content (AvgIpc) is 3.23. The van der Waals surface area contributed by atoms with Gasteiger partial charge in [0, 0.05) is 6.54 Å². The molecule has 1 fully saturated rings. The van der Waals surface area contributed by atoms with Gasteiger partial charge in [0.1, 0.15) is 18.4 Å². The first-order chi connectivity index (χ1) is 15.0. The van der Waals surface area contributed by atoms with Crippen LogP contribution in [0.5, 0.6) is 5.75 Å². The molecule has 1 N–H and O–H groups in total. The second kappa shape index (κ2) is 9.36. The number of likely N-dealkylation sites (tertiary alicyclic amines) is 1. The minimum absolute atomic E-state index is 0.365. The van der Waals surface area contributed by atoms with E-state index in [-0.39, 0.29) is 6.04 Å². The van der Waals surface area contributed by atoms with Crippen molar-refractivity contribution in [1.29, 1.82) is 0 Å². The van der Waals surface area contributed by atoms with E-state index in [9.17, 15) is 9.90 Å². The third kappa shape index (κ3) is 4.80. The number of carboxylic acid groups (broad SMARTS) is 1. The fourth-order valence-electron chi connectivity index (χ4n) is 4.43. The second-order valence-corrected chi connectivity index (χ2v) is 8.31. The Morgan fingerprint density at radius 3 is 2.61 bits per heavy atom. The van der Waals surface area contributed by atoms with Crippen LogP contribution >= 0.6 is 0 Å². The molecule has 3 aromatic rings. The molecule has 1 heterocycles. The van der Waals surface area contributed by atoms with Crippen molar-refractivity contribution in [2.75, 3.05) is 6.54 Å². The summed E-state index contributed by atoms with van der Waals surface area (Å²) < 4.78 is 6.17. The summed E-state index contributed by atoms with van der Waals surface area (Å²) in [5, 5.41) is 9.39. The van der Waals surface area contributed by atoms with Gasteiger partial charge in [-0.15, -0.1) is 0 Å². The van der Waals surface area contributed by atoms with E-state index in [0.717, 1.165) is 36.3 Å². The highest BCUT2D eigenvalue weighted by atomic mass is 16.5. The molecule has 4 nitrogen and oxygen atoms in total. The topological polar surface area (TPSA) is 49.8 Å². The molecule has 1 atom stereocenters. The zero-order valence-corrected chi connectivity index (χ0v) is 18.2. The van der Waals surface area contributed by atoms with Gasteiger partial charge in [0.25, 0.3) is 0 Å². The third-order valence-electron chi connectivity index (χ3n) is 6.19. The first kappa shape index (κ1) is 21.1. The monoisotopic (exact) mass is 415 g/mol. The molecule has 0 spiro atoms. The van der Waals surface area contributed by atoms with Gasteiger partial charge in [-0.2, -0.15) is 0 Å². The Balaban J connectivity index is 1.44. The van der Waals surface area contributed by atoms with Gasteiger partial charge in [0.15, 0.2) is 0 Å². The number of ether oxygens (including phenoxy) is 1. The van der Waals surface area contributed by atoms with Crippen LogP contribution in [0.4, 0.5) is 0 Å². The summed E-state index contributed by atoms with van der Waals surface area (Å²) in [6, 6.07) is 22.6. The van der Waals surface area contributed by atoms with Crippen molar-refractivity contribution in [3.05, 3.63) is 89.0 Å². The van der Waals surface area contributed by atoms with Crippen LogP contribution in [0.1, 0.15) is 35.1 Å². The number of rotatable bonds is 7. The lowest BCUT2D eigenvalue weighted by molar-refractivity contribution is -0.142. The van der Waals surface area contributed by atoms with Gasteiger partial charge in [-0.3, -0.25) is 9.69 Å². The Morgan fingerprint density at radius 2 is 1.87 bits per heavy atom. The molecular formula is C27H29NO3. The zero-order chi connectivity index (χ0) is 21.8. The number of carboxylic acids is 1. The van der Waals surface area contributed by atoms with E-state index in [1.165, 1.54) is 22.3 Å². The molecule has 0 amide bonds. The van der Waals surface area contributed by atoms with E-state index in [4.69, 9.17) is 4.74 Å².